The summed E-state index contributed by atoms with van der Waals surface area (Å²) in [6.07, 6.45) is 0. The molecule has 0 unspecified atom stereocenters. The molecule has 1 N–H and O–H groups in total. The number of carbonyl (C=O) groups is 1. The van der Waals surface area contributed by atoms with Gasteiger partial charge < -0.3 is 19.2 Å². The Morgan fingerprint density at radius 2 is 1.83 bits per heavy atom. The van der Waals surface area contributed by atoms with Gasteiger partial charge in [0.1, 0.15) is 0 Å². The van der Waals surface area contributed by atoms with Gasteiger partial charge in [-0.25, -0.2) is 13.2 Å². The van der Waals surface area contributed by atoms with Crippen molar-refractivity contribution in [1.29, 1.82) is 0 Å². The van der Waals surface area contributed by atoms with E-state index in [1.165, 1.54) is 4.31 Å². The van der Waals surface area contributed by atoms with Gasteiger partial charge in [-0.1, -0.05) is 23.7 Å². The summed E-state index contributed by atoms with van der Waals surface area (Å²) in [5.41, 5.74) is 3.49. The van der Waals surface area contributed by atoms with Gasteiger partial charge in [0.05, 0.1) is 23.6 Å². The molecule has 1 aromatic heterocycles. The number of H-pyrrole nitrogens is 1. The summed E-state index contributed by atoms with van der Waals surface area (Å²) < 4.78 is 45.2. The van der Waals surface area contributed by atoms with Crippen LogP contribution in [0.25, 0.3) is 0 Å². The molecular weight excluding hydrogens is 492 g/mol. The van der Waals surface area contributed by atoms with E-state index in [0.717, 1.165) is 5.56 Å². The molecule has 0 atom stereocenters. The first-order valence-corrected chi connectivity index (χ1v) is 12.9. The third-order valence-electron chi connectivity index (χ3n) is 5.99. The Kier molecular flexibility index (Phi) is 7.12. The summed E-state index contributed by atoms with van der Waals surface area (Å²) in [6, 6.07) is 10.1. The van der Waals surface area contributed by atoms with E-state index in [1.807, 2.05) is 0 Å². The van der Waals surface area contributed by atoms with Crippen molar-refractivity contribution in [2.24, 2.45) is 0 Å². The lowest BCUT2D eigenvalue weighted by molar-refractivity contribution is 0.0525. The maximum Gasteiger partial charge on any atom is 0.340 e. The van der Waals surface area contributed by atoms with Crippen LogP contribution in [0.3, 0.4) is 0 Å². The molecule has 0 saturated carbocycles. The Balaban J connectivity index is 1.76. The maximum atomic E-state index is 13.9. The number of aryl methyl sites for hydroxylation is 1. The number of aromatic nitrogens is 1. The van der Waals surface area contributed by atoms with Gasteiger partial charge in [0.2, 0.25) is 16.8 Å². The minimum absolute atomic E-state index is 0.00874. The SMILES string of the molecule is CCOC(=O)c1c(C)[nH]c(CN(Cc2ccc3c(c2)OCO3)S(=O)(=O)c2cccc(Cl)c2C)c1C. The lowest BCUT2D eigenvalue weighted by atomic mass is 10.1. The molecule has 35 heavy (non-hydrogen) atoms. The molecule has 3 aromatic rings. The van der Waals surface area contributed by atoms with Crippen LogP contribution in [0, 0.1) is 20.8 Å². The average molecular weight is 519 g/mol. The van der Waals surface area contributed by atoms with Gasteiger partial charge in [0, 0.05) is 23.0 Å². The number of sulfonamides is 1. The second kappa shape index (κ2) is 9.93. The Morgan fingerprint density at radius 1 is 1.09 bits per heavy atom. The molecule has 0 radical (unpaired) electrons. The smallest absolute Gasteiger partial charge is 0.340 e. The van der Waals surface area contributed by atoms with E-state index in [1.54, 1.807) is 64.1 Å². The van der Waals surface area contributed by atoms with E-state index >= 15 is 0 Å². The van der Waals surface area contributed by atoms with E-state index in [2.05, 4.69) is 4.98 Å². The minimum Gasteiger partial charge on any atom is -0.462 e. The Morgan fingerprint density at radius 3 is 2.57 bits per heavy atom. The quantitative estimate of drug-likeness (QED) is 0.426. The van der Waals surface area contributed by atoms with Crippen LogP contribution in [0.2, 0.25) is 5.02 Å². The molecule has 0 spiro atoms. The number of rotatable bonds is 8. The standard InChI is InChI=1S/C25H27ClN2O6S/c1-5-32-25(29)24-16(3)20(27-17(24)4)13-28(12-18-9-10-21-22(11-18)34-14-33-21)35(30,31)23-8-6-7-19(26)15(23)2/h6-11,27H,5,12-14H2,1-4H3. The number of nitrogens with one attached hydrogen (secondary N) is 1. The van der Waals surface area contributed by atoms with Gasteiger partial charge in [0.25, 0.3) is 0 Å². The maximum absolute atomic E-state index is 13.9. The monoisotopic (exact) mass is 518 g/mol. The molecule has 0 fully saturated rings. The van der Waals surface area contributed by atoms with Gasteiger partial charge in [0.15, 0.2) is 11.5 Å². The molecule has 0 aliphatic carbocycles. The molecule has 1 aliphatic heterocycles. The van der Waals surface area contributed by atoms with Crippen LogP contribution in [0.4, 0.5) is 0 Å². The number of nitrogens with zero attached hydrogens (tertiary/aromatic N) is 1. The summed E-state index contributed by atoms with van der Waals surface area (Å²) in [4.78, 5) is 15.8. The van der Waals surface area contributed by atoms with Crippen molar-refractivity contribution in [2.75, 3.05) is 13.4 Å². The number of hydrogen-bond acceptors (Lipinski definition) is 6. The highest BCUT2D eigenvalue weighted by Crippen LogP contribution is 2.34. The zero-order valence-electron chi connectivity index (χ0n) is 20.0. The van der Waals surface area contributed by atoms with Crippen molar-refractivity contribution >= 4 is 27.6 Å². The molecule has 2 heterocycles. The molecule has 10 heteroatoms. The molecule has 2 aromatic carbocycles. The number of aromatic amines is 1. The highest BCUT2D eigenvalue weighted by molar-refractivity contribution is 7.89. The fourth-order valence-electron chi connectivity index (χ4n) is 4.13. The van der Waals surface area contributed by atoms with Crippen molar-refractivity contribution in [1.82, 2.24) is 9.29 Å². The van der Waals surface area contributed by atoms with Crippen molar-refractivity contribution in [3.05, 3.63) is 75.1 Å². The van der Waals surface area contributed by atoms with E-state index in [4.69, 9.17) is 25.8 Å². The van der Waals surface area contributed by atoms with E-state index < -0.39 is 16.0 Å². The number of halogens is 1. The number of fused-ring (bicyclic) bond motifs is 1. The predicted molar refractivity (Wildman–Crippen MR) is 131 cm³/mol. The number of esters is 1. The second-order valence-corrected chi connectivity index (χ2v) is 10.6. The van der Waals surface area contributed by atoms with Crippen LogP contribution in [-0.4, -0.2) is 37.1 Å². The van der Waals surface area contributed by atoms with Gasteiger partial charge in [-0.3, -0.25) is 0 Å². The number of carbonyl (C=O) groups excluding carboxylic acids is 1. The second-order valence-electron chi connectivity index (χ2n) is 8.27. The van der Waals surface area contributed by atoms with Crippen molar-refractivity contribution in [2.45, 2.75) is 45.7 Å². The summed E-state index contributed by atoms with van der Waals surface area (Å²) in [6.45, 7) is 7.41. The van der Waals surface area contributed by atoms with Gasteiger partial charge >= 0.3 is 5.97 Å². The molecule has 0 amide bonds. The van der Waals surface area contributed by atoms with Crippen molar-refractivity contribution in [3.63, 3.8) is 0 Å². The van der Waals surface area contributed by atoms with Crippen molar-refractivity contribution < 1.29 is 27.4 Å². The fourth-order valence-corrected chi connectivity index (χ4v) is 6.01. The third-order valence-corrected chi connectivity index (χ3v) is 8.33. The lowest BCUT2D eigenvalue weighted by Crippen LogP contribution is -2.31. The summed E-state index contributed by atoms with van der Waals surface area (Å²) in [7, 11) is -3.97. The summed E-state index contributed by atoms with van der Waals surface area (Å²) in [5, 5.41) is 0.366. The summed E-state index contributed by atoms with van der Waals surface area (Å²) >= 11 is 6.25. The van der Waals surface area contributed by atoms with Crippen LogP contribution in [0.5, 0.6) is 11.5 Å². The van der Waals surface area contributed by atoms with Crippen LogP contribution < -0.4 is 9.47 Å². The molecule has 0 bridgehead atoms. The topological polar surface area (TPSA) is 97.9 Å². The highest BCUT2D eigenvalue weighted by atomic mass is 35.5. The fraction of sp³-hybridized carbons (Fsp3) is 0.320. The Bertz CT molecular complexity index is 1380. The first-order valence-electron chi connectivity index (χ1n) is 11.1. The first kappa shape index (κ1) is 25.1. The molecule has 186 valence electrons. The molecular formula is C25H27ClN2O6S. The average Bonchev–Trinajstić information content (AvgIpc) is 3.38. The van der Waals surface area contributed by atoms with Crippen LogP contribution >= 0.6 is 11.6 Å². The molecule has 1 aliphatic rings. The van der Waals surface area contributed by atoms with Gasteiger partial charge in [-0.2, -0.15) is 4.31 Å². The van der Waals surface area contributed by atoms with E-state index in [9.17, 15) is 13.2 Å². The Labute approximate surface area is 209 Å². The molecule has 8 nitrogen and oxygen atoms in total. The number of ether oxygens (including phenoxy) is 3. The zero-order valence-corrected chi connectivity index (χ0v) is 21.5. The molecule has 0 saturated heterocycles. The van der Waals surface area contributed by atoms with Crippen molar-refractivity contribution in [3.8, 4) is 11.5 Å². The third kappa shape index (κ3) is 4.89. The number of hydrogen-bond donors (Lipinski definition) is 1. The van der Waals surface area contributed by atoms with Crippen LogP contribution in [-0.2, 0) is 27.8 Å². The largest absolute Gasteiger partial charge is 0.462 e. The van der Waals surface area contributed by atoms with Crippen LogP contribution in [0.15, 0.2) is 41.3 Å². The normalized spacial score (nSPS) is 12.9. The lowest BCUT2D eigenvalue weighted by Gasteiger charge is -2.24. The Hall–Kier alpha value is -3.01. The van der Waals surface area contributed by atoms with Gasteiger partial charge in [-0.15, -0.1) is 0 Å². The minimum atomic E-state index is -3.97. The predicted octanol–water partition coefficient (Wildman–Crippen LogP) is 4.89. The highest BCUT2D eigenvalue weighted by Gasteiger charge is 2.30. The first-order chi connectivity index (χ1) is 16.6. The summed E-state index contributed by atoms with van der Waals surface area (Å²) in [5.74, 6) is 0.736. The van der Waals surface area contributed by atoms with Crippen LogP contribution in [0.1, 0.15) is 45.4 Å². The van der Waals surface area contributed by atoms with Gasteiger partial charge in [-0.05, 0) is 68.7 Å². The van der Waals surface area contributed by atoms with E-state index in [-0.39, 0.29) is 31.4 Å². The molecule has 4 rings (SSSR count). The number of benzene rings is 2. The zero-order chi connectivity index (χ0) is 25.3. The van der Waals surface area contributed by atoms with E-state index in [0.29, 0.717) is 44.6 Å².